The topological polar surface area (TPSA) is 9.23 Å². The summed E-state index contributed by atoms with van der Waals surface area (Å²) in [4.78, 5) is 0. The molecule has 4 bridgehead atoms. The number of ether oxygens (including phenoxy) is 1. The second-order valence-corrected chi connectivity index (χ2v) is 9.23. The van der Waals surface area contributed by atoms with Gasteiger partial charge in [-0.2, -0.15) is 0 Å². The third-order valence-corrected chi connectivity index (χ3v) is 6.33. The summed E-state index contributed by atoms with van der Waals surface area (Å²) in [6.45, 7) is 11.6. The van der Waals surface area contributed by atoms with Crippen LogP contribution in [0.4, 0.5) is 0 Å². The van der Waals surface area contributed by atoms with Crippen LogP contribution >= 0.6 is 0 Å². The highest BCUT2D eigenvalue weighted by molar-refractivity contribution is 5.06. The van der Waals surface area contributed by atoms with E-state index in [4.69, 9.17) is 4.74 Å². The molecule has 0 saturated heterocycles. The Hall–Kier alpha value is -0.590. The number of hydrogen-bond acceptors (Lipinski definition) is 1. The van der Waals surface area contributed by atoms with Crippen molar-refractivity contribution in [3.05, 3.63) is 18.8 Å². The zero-order valence-corrected chi connectivity index (χ0v) is 15.0. The van der Waals surface area contributed by atoms with E-state index in [1.165, 1.54) is 32.1 Å². The molecule has 0 aromatic heterocycles. The van der Waals surface area contributed by atoms with Crippen molar-refractivity contribution < 1.29 is 4.74 Å². The molecule has 0 N–H and O–H groups in total. The van der Waals surface area contributed by atoms with Crippen molar-refractivity contribution >= 4 is 0 Å². The van der Waals surface area contributed by atoms with Crippen molar-refractivity contribution in [3.8, 4) is 0 Å². The first-order chi connectivity index (χ1) is 10.4. The highest BCUT2D eigenvalue weighted by atomic mass is 16.5. The number of rotatable bonds is 7. The molecule has 124 valence electrons. The Balaban J connectivity index is 1.48. The summed E-state index contributed by atoms with van der Waals surface area (Å²) < 4.78 is 6.11. The molecule has 0 amide bonds. The van der Waals surface area contributed by atoms with Crippen LogP contribution in [0.5, 0.6) is 0 Å². The van der Waals surface area contributed by atoms with Crippen molar-refractivity contribution in [2.45, 2.75) is 78.6 Å². The molecule has 0 radical (unpaired) electrons. The van der Waals surface area contributed by atoms with Crippen molar-refractivity contribution in [2.24, 2.45) is 28.6 Å². The molecule has 0 atom stereocenters. The zero-order valence-electron chi connectivity index (χ0n) is 15.0. The molecule has 0 spiro atoms. The first-order valence-electron chi connectivity index (χ1n) is 9.59. The summed E-state index contributed by atoms with van der Waals surface area (Å²) >= 11 is 0. The Labute approximate surface area is 137 Å². The van der Waals surface area contributed by atoms with Gasteiger partial charge in [0.15, 0.2) is 5.41 Å². The van der Waals surface area contributed by atoms with Crippen LogP contribution < -0.4 is 0 Å². The molecule has 0 unspecified atom stereocenters. The van der Waals surface area contributed by atoms with Gasteiger partial charge in [-0.05, 0) is 101 Å². The third-order valence-electron chi connectivity index (χ3n) is 6.33. The lowest BCUT2D eigenvalue weighted by Gasteiger charge is -2.57. The van der Waals surface area contributed by atoms with E-state index in [-0.39, 0.29) is 5.41 Å². The Kier molecular flexibility index (Phi) is 4.54. The fourth-order valence-corrected chi connectivity index (χ4v) is 5.94. The van der Waals surface area contributed by atoms with Crippen LogP contribution in [0.2, 0.25) is 0 Å². The Morgan fingerprint density at radius 3 is 2.14 bits per heavy atom. The molecule has 0 aliphatic heterocycles. The van der Waals surface area contributed by atoms with Gasteiger partial charge in [-0.3, -0.25) is 0 Å². The summed E-state index contributed by atoms with van der Waals surface area (Å²) in [7, 11) is 0. The van der Waals surface area contributed by atoms with Gasteiger partial charge in [0.05, 0.1) is 13.5 Å². The first kappa shape index (κ1) is 16.3. The van der Waals surface area contributed by atoms with Crippen LogP contribution in [0.15, 0.2) is 11.8 Å². The lowest BCUT2D eigenvalue weighted by molar-refractivity contribution is -0.0604. The fraction of sp³-hybridized carbons (Fsp3) is 0.857. The van der Waals surface area contributed by atoms with Crippen LogP contribution in [0.25, 0.3) is 0 Å². The maximum absolute atomic E-state index is 6.11. The molecule has 0 heterocycles. The standard InChI is InChI=1S/C21H35O/c1-5-7-19(20(2,3)4)22-9-6-8-21-13-16-10-17(14-21)12-18(11-16)15-21/h7,16-18H,2,5-6,8-15H2,1,3-4H3/q+1/b19-7+. The van der Waals surface area contributed by atoms with Gasteiger partial charge in [-0.25, -0.2) is 0 Å². The van der Waals surface area contributed by atoms with Crippen molar-refractivity contribution in [2.75, 3.05) is 6.61 Å². The fourth-order valence-electron chi connectivity index (χ4n) is 5.94. The van der Waals surface area contributed by atoms with E-state index in [2.05, 4.69) is 33.8 Å². The molecule has 1 heteroatoms. The van der Waals surface area contributed by atoms with Crippen molar-refractivity contribution in [1.29, 1.82) is 0 Å². The Morgan fingerprint density at radius 2 is 1.68 bits per heavy atom. The van der Waals surface area contributed by atoms with Gasteiger partial charge in [0.1, 0.15) is 5.76 Å². The lowest BCUT2D eigenvalue weighted by atomic mass is 9.48. The SMILES string of the molecule is [CH2+]C(C)(C)/C(=C\CC)OCCCC12CC3CC(CC(C3)C1)C2. The van der Waals surface area contributed by atoms with Gasteiger partial charge < -0.3 is 4.74 Å². The van der Waals surface area contributed by atoms with Crippen LogP contribution in [0.3, 0.4) is 0 Å². The summed E-state index contributed by atoms with van der Waals surface area (Å²) in [5, 5.41) is 0. The highest BCUT2D eigenvalue weighted by Crippen LogP contribution is 2.61. The second kappa shape index (κ2) is 6.13. The molecule has 1 nitrogen and oxygen atoms in total. The zero-order chi connectivity index (χ0) is 15.8. The van der Waals surface area contributed by atoms with E-state index >= 15 is 0 Å². The average Bonchev–Trinajstić information content (AvgIpc) is 2.39. The predicted molar refractivity (Wildman–Crippen MR) is 93.3 cm³/mol. The second-order valence-electron chi connectivity index (χ2n) is 9.23. The molecular weight excluding hydrogens is 268 g/mol. The maximum Gasteiger partial charge on any atom is 0.156 e. The Morgan fingerprint density at radius 1 is 1.14 bits per heavy atom. The molecule has 4 rings (SSSR count). The van der Waals surface area contributed by atoms with Gasteiger partial charge in [-0.15, -0.1) is 0 Å². The van der Waals surface area contributed by atoms with E-state index < -0.39 is 0 Å². The molecular formula is C21H35O+. The quantitative estimate of drug-likeness (QED) is 0.311. The van der Waals surface area contributed by atoms with Gasteiger partial charge in [0, 0.05) is 0 Å². The van der Waals surface area contributed by atoms with Gasteiger partial charge in [0.25, 0.3) is 0 Å². The van der Waals surface area contributed by atoms with Crippen LogP contribution in [-0.2, 0) is 4.74 Å². The third kappa shape index (κ3) is 3.49. The molecule has 4 fully saturated rings. The summed E-state index contributed by atoms with van der Waals surface area (Å²) in [6, 6.07) is 0. The molecule has 4 aliphatic carbocycles. The minimum atomic E-state index is -0.100. The average molecular weight is 304 g/mol. The van der Waals surface area contributed by atoms with Crippen LogP contribution in [0, 0.1) is 35.5 Å². The highest BCUT2D eigenvalue weighted by Gasteiger charge is 2.50. The van der Waals surface area contributed by atoms with E-state index in [0.717, 1.165) is 36.5 Å². The number of hydrogen-bond donors (Lipinski definition) is 0. The number of allylic oxidation sites excluding steroid dienone is 2. The van der Waals surface area contributed by atoms with E-state index in [0.29, 0.717) is 5.41 Å². The van der Waals surface area contributed by atoms with Gasteiger partial charge in [-0.1, -0.05) is 6.92 Å². The van der Waals surface area contributed by atoms with Gasteiger partial charge >= 0.3 is 0 Å². The van der Waals surface area contributed by atoms with E-state index in [1.807, 2.05) is 0 Å². The normalized spacial score (nSPS) is 37.6. The molecule has 0 aromatic rings. The summed E-state index contributed by atoms with van der Waals surface area (Å²) in [5.41, 5.74) is 0.601. The predicted octanol–water partition coefficient (Wildman–Crippen LogP) is 6.15. The first-order valence-corrected chi connectivity index (χ1v) is 9.59. The lowest BCUT2D eigenvalue weighted by Crippen LogP contribution is -2.46. The smallest absolute Gasteiger partial charge is 0.156 e. The maximum atomic E-state index is 6.11. The van der Waals surface area contributed by atoms with Gasteiger partial charge in [0.2, 0.25) is 0 Å². The molecule has 4 saturated carbocycles. The van der Waals surface area contributed by atoms with Crippen molar-refractivity contribution in [1.82, 2.24) is 0 Å². The van der Waals surface area contributed by atoms with E-state index in [9.17, 15) is 0 Å². The molecule has 22 heavy (non-hydrogen) atoms. The minimum Gasteiger partial charge on any atom is -0.493 e. The summed E-state index contributed by atoms with van der Waals surface area (Å²) in [6.07, 6.45) is 15.1. The Bertz CT molecular complexity index is 377. The van der Waals surface area contributed by atoms with Crippen LogP contribution in [0.1, 0.15) is 78.6 Å². The summed E-state index contributed by atoms with van der Waals surface area (Å²) in [5.74, 6) is 4.30. The van der Waals surface area contributed by atoms with Crippen molar-refractivity contribution in [3.63, 3.8) is 0 Å². The minimum absolute atomic E-state index is 0.100. The van der Waals surface area contributed by atoms with E-state index in [1.54, 1.807) is 19.3 Å². The van der Waals surface area contributed by atoms with Crippen LogP contribution in [-0.4, -0.2) is 6.61 Å². The molecule has 4 aliphatic rings. The largest absolute Gasteiger partial charge is 0.493 e. The monoisotopic (exact) mass is 303 g/mol. The molecule has 0 aromatic carbocycles.